The second-order valence-electron chi connectivity index (χ2n) is 5.04. The number of amides is 1. The molecule has 0 spiro atoms. The van der Waals surface area contributed by atoms with E-state index in [0.29, 0.717) is 17.1 Å². The number of aromatic nitrogens is 2. The largest absolute Gasteiger partial charge is 0.467 e. The van der Waals surface area contributed by atoms with Gasteiger partial charge in [0, 0.05) is 23.6 Å². The van der Waals surface area contributed by atoms with Crippen LogP contribution in [0.4, 0.5) is 11.5 Å². The van der Waals surface area contributed by atoms with Gasteiger partial charge in [0.1, 0.15) is 17.7 Å². The standard InChI is InChI=1S/C17H16N4O3/c22-14(15-5-2-8-24-15)10-20-17(23)12-3-1-4-13(9-12)21-16-11-18-6-7-19-16/h1-9,11,14,22H,10H2,(H,19,21)(H,20,23). The van der Waals surface area contributed by atoms with Crippen LogP contribution in [0, 0.1) is 0 Å². The maximum Gasteiger partial charge on any atom is 0.251 e. The Hall–Kier alpha value is -3.19. The van der Waals surface area contributed by atoms with E-state index in [2.05, 4.69) is 20.6 Å². The smallest absolute Gasteiger partial charge is 0.251 e. The predicted molar refractivity (Wildman–Crippen MR) is 87.8 cm³/mol. The van der Waals surface area contributed by atoms with E-state index in [1.165, 1.54) is 6.26 Å². The second-order valence-corrected chi connectivity index (χ2v) is 5.04. The van der Waals surface area contributed by atoms with Gasteiger partial charge in [0.15, 0.2) is 0 Å². The Bertz CT molecular complexity index is 791. The SMILES string of the molecule is O=C(NCC(O)c1ccco1)c1cccc(Nc2cnccn2)c1. The molecule has 2 aromatic heterocycles. The van der Waals surface area contributed by atoms with Crippen LogP contribution in [0.2, 0.25) is 0 Å². The summed E-state index contributed by atoms with van der Waals surface area (Å²) in [5.41, 5.74) is 1.19. The molecule has 7 nitrogen and oxygen atoms in total. The third-order valence-corrected chi connectivity index (χ3v) is 3.29. The fourth-order valence-corrected chi connectivity index (χ4v) is 2.12. The highest BCUT2D eigenvalue weighted by Gasteiger charge is 2.13. The van der Waals surface area contributed by atoms with Crippen molar-refractivity contribution >= 4 is 17.4 Å². The Morgan fingerprint density at radius 1 is 1.25 bits per heavy atom. The predicted octanol–water partition coefficient (Wildman–Crippen LogP) is 2.28. The highest BCUT2D eigenvalue weighted by atomic mass is 16.4. The van der Waals surface area contributed by atoms with E-state index in [4.69, 9.17) is 4.42 Å². The summed E-state index contributed by atoms with van der Waals surface area (Å²) in [5, 5.41) is 15.7. The first-order valence-electron chi connectivity index (χ1n) is 7.35. The summed E-state index contributed by atoms with van der Waals surface area (Å²) < 4.78 is 5.09. The number of hydrogen-bond acceptors (Lipinski definition) is 6. The molecule has 3 rings (SSSR count). The van der Waals surface area contributed by atoms with Crippen LogP contribution < -0.4 is 10.6 Å². The molecule has 0 aliphatic rings. The zero-order chi connectivity index (χ0) is 16.8. The summed E-state index contributed by atoms with van der Waals surface area (Å²) in [5.74, 6) is 0.708. The van der Waals surface area contributed by atoms with E-state index < -0.39 is 6.10 Å². The van der Waals surface area contributed by atoms with E-state index in [-0.39, 0.29) is 12.5 Å². The van der Waals surface area contributed by atoms with Crippen LogP contribution in [0.5, 0.6) is 0 Å². The molecule has 0 fully saturated rings. The van der Waals surface area contributed by atoms with Crippen molar-refractivity contribution in [1.82, 2.24) is 15.3 Å². The number of hydrogen-bond donors (Lipinski definition) is 3. The molecule has 24 heavy (non-hydrogen) atoms. The van der Waals surface area contributed by atoms with Gasteiger partial charge in [-0.25, -0.2) is 4.98 Å². The molecule has 2 heterocycles. The van der Waals surface area contributed by atoms with Crippen molar-refractivity contribution in [2.24, 2.45) is 0 Å². The van der Waals surface area contributed by atoms with E-state index in [9.17, 15) is 9.90 Å². The van der Waals surface area contributed by atoms with Crippen molar-refractivity contribution in [2.45, 2.75) is 6.10 Å². The molecule has 3 N–H and O–H groups in total. The molecular formula is C17H16N4O3. The van der Waals surface area contributed by atoms with Gasteiger partial charge in [-0.2, -0.15) is 0 Å². The Kier molecular flexibility index (Phi) is 4.83. The molecule has 0 radical (unpaired) electrons. The van der Waals surface area contributed by atoms with Crippen LogP contribution in [-0.2, 0) is 0 Å². The fourth-order valence-electron chi connectivity index (χ4n) is 2.12. The minimum Gasteiger partial charge on any atom is -0.467 e. The number of rotatable bonds is 6. The third kappa shape index (κ3) is 3.96. The second kappa shape index (κ2) is 7.38. The van der Waals surface area contributed by atoms with Crippen molar-refractivity contribution in [3.8, 4) is 0 Å². The number of nitrogens with one attached hydrogen (secondary N) is 2. The van der Waals surface area contributed by atoms with Gasteiger partial charge < -0.3 is 20.2 Å². The lowest BCUT2D eigenvalue weighted by molar-refractivity contribution is 0.0901. The molecule has 0 aliphatic heterocycles. The lowest BCUT2D eigenvalue weighted by atomic mass is 10.2. The molecule has 3 aromatic rings. The molecule has 0 saturated heterocycles. The summed E-state index contributed by atoms with van der Waals surface area (Å²) in [6.07, 6.45) is 5.34. The fraction of sp³-hybridized carbons (Fsp3) is 0.118. The van der Waals surface area contributed by atoms with Crippen LogP contribution in [0.25, 0.3) is 0 Å². The Balaban J connectivity index is 1.62. The highest BCUT2D eigenvalue weighted by molar-refractivity contribution is 5.95. The molecule has 1 unspecified atom stereocenters. The van der Waals surface area contributed by atoms with Gasteiger partial charge in [-0.05, 0) is 30.3 Å². The van der Waals surface area contributed by atoms with Gasteiger partial charge in [-0.15, -0.1) is 0 Å². The lowest BCUT2D eigenvalue weighted by Gasteiger charge is -2.11. The van der Waals surface area contributed by atoms with E-state index in [1.807, 2.05) is 6.07 Å². The van der Waals surface area contributed by atoms with Crippen molar-refractivity contribution in [3.05, 3.63) is 72.6 Å². The first-order chi connectivity index (χ1) is 11.7. The van der Waals surface area contributed by atoms with E-state index in [1.54, 1.807) is 48.9 Å². The van der Waals surface area contributed by atoms with Crippen LogP contribution in [-0.4, -0.2) is 27.5 Å². The summed E-state index contributed by atoms with van der Waals surface area (Å²) in [7, 11) is 0. The average Bonchev–Trinajstić information content (AvgIpc) is 3.15. The summed E-state index contributed by atoms with van der Waals surface area (Å²) in [4.78, 5) is 20.3. The Morgan fingerprint density at radius 2 is 2.17 bits per heavy atom. The van der Waals surface area contributed by atoms with Crippen LogP contribution in [0.3, 0.4) is 0 Å². The normalized spacial score (nSPS) is 11.7. The van der Waals surface area contributed by atoms with Crippen molar-refractivity contribution in [2.75, 3.05) is 11.9 Å². The van der Waals surface area contributed by atoms with Gasteiger partial charge in [0.05, 0.1) is 19.0 Å². The maximum absolute atomic E-state index is 12.2. The average molecular weight is 324 g/mol. The molecule has 1 aromatic carbocycles. The first kappa shape index (κ1) is 15.7. The first-order valence-corrected chi connectivity index (χ1v) is 7.35. The number of carbonyl (C=O) groups excluding carboxylic acids is 1. The number of anilines is 2. The zero-order valence-corrected chi connectivity index (χ0v) is 12.7. The summed E-state index contributed by atoms with van der Waals surface area (Å²) in [6, 6.07) is 10.3. The monoisotopic (exact) mass is 324 g/mol. The Labute approximate surface area is 138 Å². The number of benzene rings is 1. The summed E-state index contributed by atoms with van der Waals surface area (Å²) >= 11 is 0. The number of furan rings is 1. The molecule has 0 aliphatic carbocycles. The van der Waals surface area contributed by atoms with Crippen molar-refractivity contribution < 1.29 is 14.3 Å². The van der Waals surface area contributed by atoms with E-state index in [0.717, 1.165) is 5.69 Å². The minimum atomic E-state index is -0.884. The van der Waals surface area contributed by atoms with Gasteiger partial charge in [0.2, 0.25) is 0 Å². The molecule has 7 heteroatoms. The van der Waals surface area contributed by atoms with Crippen LogP contribution in [0.1, 0.15) is 22.2 Å². The minimum absolute atomic E-state index is 0.0637. The van der Waals surface area contributed by atoms with Crippen molar-refractivity contribution in [1.29, 1.82) is 0 Å². The summed E-state index contributed by atoms with van der Waals surface area (Å²) in [6.45, 7) is 0.0637. The number of nitrogens with zero attached hydrogens (tertiary/aromatic N) is 2. The number of carbonyl (C=O) groups is 1. The topological polar surface area (TPSA) is 100 Å². The molecule has 1 amide bonds. The molecule has 122 valence electrons. The quantitative estimate of drug-likeness (QED) is 0.643. The molecular weight excluding hydrogens is 308 g/mol. The van der Waals surface area contributed by atoms with E-state index >= 15 is 0 Å². The van der Waals surface area contributed by atoms with Gasteiger partial charge >= 0.3 is 0 Å². The number of aliphatic hydroxyl groups excluding tert-OH is 1. The van der Waals surface area contributed by atoms with Gasteiger partial charge in [0.25, 0.3) is 5.91 Å². The lowest BCUT2D eigenvalue weighted by Crippen LogP contribution is -2.28. The number of aliphatic hydroxyl groups is 1. The highest BCUT2D eigenvalue weighted by Crippen LogP contribution is 2.16. The van der Waals surface area contributed by atoms with Gasteiger partial charge in [-0.1, -0.05) is 6.07 Å². The van der Waals surface area contributed by atoms with Crippen LogP contribution in [0.15, 0.2) is 65.7 Å². The van der Waals surface area contributed by atoms with Crippen molar-refractivity contribution in [3.63, 3.8) is 0 Å². The maximum atomic E-state index is 12.2. The molecule has 0 saturated carbocycles. The zero-order valence-electron chi connectivity index (χ0n) is 12.7. The molecule has 0 bridgehead atoms. The third-order valence-electron chi connectivity index (χ3n) is 3.29. The van der Waals surface area contributed by atoms with Gasteiger partial charge in [-0.3, -0.25) is 9.78 Å². The van der Waals surface area contributed by atoms with Crippen LogP contribution >= 0.6 is 0 Å². The molecule has 1 atom stereocenters. The Morgan fingerprint density at radius 3 is 2.92 bits per heavy atom.